The van der Waals surface area contributed by atoms with Crippen LogP contribution in [0.25, 0.3) is 0 Å². The van der Waals surface area contributed by atoms with Crippen molar-refractivity contribution in [2.24, 2.45) is 0 Å². The first-order valence-electron chi connectivity index (χ1n) is 13.1. The molecule has 3 aromatic carbocycles. The van der Waals surface area contributed by atoms with Crippen molar-refractivity contribution in [3.8, 4) is 0 Å². The third-order valence-corrected chi connectivity index (χ3v) is 6.34. The second kappa shape index (κ2) is 14.2. The Kier molecular flexibility index (Phi) is 10.5. The highest BCUT2D eigenvalue weighted by atomic mass is 19.3. The lowest BCUT2D eigenvalue weighted by Crippen LogP contribution is -2.64. The van der Waals surface area contributed by atoms with Crippen LogP contribution in [0.2, 0.25) is 0 Å². The topological polar surface area (TPSA) is 80.3 Å². The number of ketones is 1. The Morgan fingerprint density at radius 3 is 1.82 bits per heavy atom. The molecule has 0 saturated carbocycles. The van der Waals surface area contributed by atoms with E-state index >= 15 is 8.78 Å². The van der Waals surface area contributed by atoms with Gasteiger partial charge in [-0.15, -0.1) is 0 Å². The zero-order valence-corrected chi connectivity index (χ0v) is 22.1. The maximum Gasteiger partial charge on any atom is 0.380 e. The molecule has 1 fully saturated rings. The van der Waals surface area contributed by atoms with E-state index in [-0.39, 0.29) is 33.0 Å². The van der Waals surface area contributed by atoms with Crippen molar-refractivity contribution < 1.29 is 42.1 Å². The van der Waals surface area contributed by atoms with Crippen molar-refractivity contribution in [2.75, 3.05) is 13.2 Å². The maximum absolute atomic E-state index is 15.3. The summed E-state index contributed by atoms with van der Waals surface area (Å²) >= 11 is 0. The fourth-order valence-electron chi connectivity index (χ4n) is 4.32. The fourth-order valence-corrected chi connectivity index (χ4v) is 4.32. The van der Waals surface area contributed by atoms with Gasteiger partial charge < -0.3 is 23.7 Å². The lowest BCUT2D eigenvalue weighted by Gasteiger charge is -2.41. The molecule has 212 valence electrons. The molecule has 0 aromatic heterocycles. The second-order valence-electron chi connectivity index (χ2n) is 9.28. The van der Waals surface area contributed by atoms with E-state index in [1.807, 2.05) is 66.7 Å². The van der Waals surface area contributed by atoms with Crippen molar-refractivity contribution in [2.45, 2.75) is 57.1 Å². The van der Waals surface area contributed by atoms with Crippen LogP contribution in [0.3, 0.4) is 0 Å². The Hall–Kier alpha value is -3.50. The zero-order chi connectivity index (χ0) is 28.4. The summed E-state index contributed by atoms with van der Waals surface area (Å²) in [6, 6.07) is 27.5. The molecule has 0 unspecified atom stereocenters. The molecule has 0 N–H and O–H groups in total. The summed E-state index contributed by atoms with van der Waals surface area (Å²) in [6.07, 6.45) is -6.15. The van der Waals surface area contributed by atoms with Gasteiger partial charge in [-0.05, 0) is 23.6 Å². The molecule has 0 bridgehead atoms. The van der Waals surface area contributed by atoms with Crippen molar-refractivity contribution >= 4 is 11.8 Å². The van der Waals surface area contributed by atoms with Gasteiger partial charge in [-0.2, -0.15) is 8.78 Å². The number of Topliss-reactive ketones (excluding diaryl/α,β-unsaturated/α-hetero) is 1. The first-order chi connectivity index (χ1) is 19.4. The number of carbonyl (C=O) groups excluding carboxylic acids is 2. The first-order valence-corrected chi connectivity index (χ1v) is 13.1. The van der Waals surface area contributed by atoms with Crippen LogP contribution in [0.5, 0.6) is 0 Å². The van der Waals surface area contributed by atoms with Crippen LogP contribution in [0.15, 0.2) is 91.0 Å². The molecular formula is C31H32F2O7. The minimum Gasteiger partial charge on any atom is -0.461 e. The largest absolute Gasteiger partial charge is 0.461 e. The average molecular weight is 555 g/mol. The number of esters is 1. The van der Waals surface area contributed by atoms with Crippen LogP contribution in [0.1, 0.15) is 23.6 Å². The molecule has 0 aliphatic carbocycles. The normalized spacial score (nSPS) is 21.2. The van der Waals surface area contributed by atoms with Gasteiger partial charge in [0.05, 0.1) is 33.0 Å². The number of rotatable bonds is 13. The summed E-state index contributed by atoms with van der Waals surface area (Å²) in [5, 5.41) is 0. The van der Waals surface area contributed by atoms with Crippen LogP contribution in [0, 0.1) is 0 Å². The van der Waals surface area contributed by atoms with Gasteiger partial charge in [-0.25, -0.2) is 4.79 Å². The van der Waals surface area contributed by atoms with E-state index in [4.69, 9.17) is 18.9 Å². The summed E-state index contributed by atoms with van der Waals surface area (Å²) < 4.78 is 58.6. The molecule has 1 heterocycles. The van der Waals surface area contributed by atoms with Crippen molar-refractivity contribution in [3.63, 3.8) is 0 Å². The predicted molar refractivity (Wildman–Crippen MR) is 141 cm³/mol. The third-order valence-electron chi connectivity index (χ3n) is 6.34. The van der Waals surface area contributed by atoms with E-state index in [0.717, 1.165) is 16.7 Å². The predicted octanol–water partition coefficient (Wildman–Crippen LogP) is 4.91. The zero-order valence-electron chi connectivity index (χ0n) is 22.1. The van der Waals surface area contributed by atoms with Crippen LogP contribution in [-0.2, 0) is 53.1 Å². The van der Waals surface area contributed by atoms with E-state index in [2.05, 4.69) is 4.74 Å². The molecular weight excluding hydrogens is 522 g/mol. The first kappa shape index (κ1) is 29.5. The van der Waals surface area contributed by atoms with Gasteiger partial charge in [0.1, 0.15) is 18.3 Å². The molecule has 0 amide bonds. The Balaban J connectivity index is 1.61. The summed E-state index contributed by atoms with van der Waals surface area (Å²) in [7, 11) is 0. The van der Waals surface area contributed by atoms with Gasteiger partial charge in [0, 0.05) is 0 Å². The highest BCUT2D eigenvalue weighted by molar-refractivity contribution is 5.95. The number of ether oxygens (including phenoxy) is 5. The van der Waals surface area contributed by atoms with E-state index < -0.39 is 42.1 Å². The SMILES string of the molecule is CCOC(=O)C(F)(F)[C@@H]1O[C@H](COCc2ccccc2)[C@@H](OCc2ccccc2)[C@H](OCc2ccccc2)C1=O. The quantitative estimate of drug-likeness (QED) is 0.278. The Morgan fingerprint density at radius 1 is 0.800 bits per heavy atom. The van der Waals surface area contributed by atoms with Gasteiger partial charge in [0.25, 0.3) is 0 Å². The van der Waals surface area contributed by atoms with Gasteiger partial charge in [-0.1, -0.05) is 91.0 Å². The molecule has 3 aromatic rings. The number of hydrogen-bond donors (Lipinski definition) is 0. The Morgan fingerprint density at radius 2 is 1.30 bits per heavy atom. The lowest BCUT2D eigenvalue weighted by atomic mass is 9.92. The van der Waals surface area contributed by atoms with Crippen LogP contribution < -0.4 is 0 Å². The molecule has 1 aliphatic rings. The van der Waals surface area contributed by atoms with Crippen molar-refractivity contribution in [3.05, 3.63) is 108 Å². The monoisotopic (exact) mass is 554 g/mol. The van der Waals surface area contributed by atoms with E-state index in [0.29, 0.717) is 0 Å². The Bertz CT molecular complexity index is 1210. The van der Waals surface area contributed by atoms with Crippen molar-refractivity contribution in [1.29, 1.82) is 0 Å². The van der Waals surface area contributed by atoms with Crippen LogP contribution >= 0.6 is 0 Å². The molecule has 40 heavy (non-hydrogen) atoms. The summed E-state index contributed by atoms with van der Waals surface area (Å²) in [5.41, 5.74) is 2.40. The summed E-state index contributed by atoms with van der Waals surface area (Å²) in [5.74, 6) is -7.20. The fraction of sp³-hybridized carbons (Fsp3) is 0.355. The van der Waals surface area contributed by atoms with E-state index in [1.165, 1.54) is 6.92 Å². The van der Waals surface area contributed by atoms with Gasteiger partial charge in [-0.3, -0.25) is 4.79 Å². The summed E-state index contributed by atoms with van der Waals surface area (Å²) in [6.45, 7) is 1.13. The third kappa shape index (κ3) is 7.57. The highest BCUT2D eigenvalue weighted by Gasteiger charge is 2.60. The standard InChI is InChI=1S/C31H32F2O7/c1-2-37-30(35)31(32,33)29-26(34)28(39-20-24-16-10-5-11-17-24)27(38-19-23-14-8-4-9-15-23)25(40-29)21-36-18-22-12-6-3-7-13-22/h3-17,25,27-29H,2,18-21H2,1H3/t25-,27-,28-,29-/m1/s1. The van der Waals surface area contributed by atoms with E-state index in [9.17, 15) is 9.59 Å². The minimum absolute atomic E-state index is 0.0439. The maximum atomic E-state index is 15.3. The average Bonchev–Trinajstić information content (AvgIpc) is 2.98. The molecule has 7 nitrogen and oxygen atoms in total. The molecule has 0 spiro atoms. The van der Waals surface area contributed by atoms with Gasteiger partial charge in [0.15, 0.2) is 11.9 Å². The minimum atomic E-state index is -4.25. The molecule has 0 radical (unpaired) electrons. The van der Waals surface area contributed by atoms with Gasteiger partial charge in [0.2, 0.25) is 0 Å². The molecule has 1 saturated heterocycles. The molecule has 4 atom stereocenters. The number of carbonyl (C=O) groups is 2. The molecule has 4 rings (SSSR count). The van der Waals surface area contributed by atoms with Gasteiger partial charge >= 0.3 is 11.9 Å². The number of halogens is 2. The number of hydrogen-bond acceptors (Lipinski definition) is 7. The highest BCUT2D eigenvalue weighted by Crippen LogP contribution is 2.34. The number of alkyl halides is 2. The Labute approximate surface area is 232 Å². The van der Waals surface area contributed by atoms with E-state index in [1.54, 1.807) is 24.3 Å². The van der Waals surface area contributed by atoms with Crippen molar-refractivity contribution in [1.82, 2.24) is 0 Å². The number of benzene rings is 3. The lowest BCUT2D eigenvalue weighted by molar-refractivity contribution is -0.248. The van der Waals surface area contributed by atoms with Crippen LogP contribution in [0.4, 0.5) is 8.78 Å². The summed E-state index contributed by atoms with van der Waals surface area (Å²) in [4.78, 5) is 25.7. The van der Waals surface area contributed by atoms with Crippen LogP contribution in [-0.4, -0.2) is 55.3 Å². The smallest absolute Gasteiger partial charge is 0.380 e. The second-order valence-corrected chi connectivity index (χ2v) is 9.28. The molecule has 9 heteroatoms. The molecule has 1 aliphatic heterocycles.